The first-order valence-corrected chi connectivity index (χ1v) is 7.14. The number of carbonyl (C=O) groups is 1. The van der Waals surface area contributed by atoms with E-state index in [1.165, 1.54) is 25.7 Å². The number of unbranched alkanes of at least 4 members (excludes halogenated alkanes) is 4. The fraction of sp³-hybridized carbons (Fsp3) is 0.929. The second kappa shape index (κ2) is 14.5. The van der Waals surface area contributed by atoms with Crippen LogP contribution < -0.4 is 0 Å². The summed E-state index contributed by atoms with van der Waals surface area (Å²) in [5.74, 6) is -0.759. The molecule has 0 heterocycles. The van der Waals surface area contributed by atoms with Gasteiger partial charge in [-0.3, -0.25) is 4.79 Å². The molecule has 0 aromatic rings. The van der Waals surface area contributed by atoms with Gasteiger partial charge in [0.2, 0.25) is 0 Å². The van der Waals surface area contributed by atoms with E-state index in [4.69, 9.17) is 14.6 Å². The van der Waals surface area contributed by atoms with Gasteiger partial charge in [-0.05, 0) is 19.3 Å². The molecule has 4 heteroatoms. The lowest BCUT2D eigenvalue weighted by molar-refractivity contribution is -0.137. The Morgan fingerprint density at radius 3 is 2.00 bits per heavy atom. The van der Waals surface area contributed by atoms with Crippen molar-refractivity contribution in [1.82, 2.24) is 0 Å². The lowest BCUT2D eigenvalue weighted by Crippen LogP contribution is -2.04. The second-order valence-corrected chi connectivity index (χ2v) is 4.49. The van der Waals surface area contributed by atoms with Crippen LogP contribution in [0.15, 0.2) is 0 Å². The second-order valence-electron chi connectivity index (χ2n) is 4.49. The Bertz CT molecular complexity index is 183. The molecule has 0 aromatic carbocycles. The third-order valence-electron chi connectivity index (χ3n) is 2.65. The van der Waals surface area contributed by atoms with Crippen LogP contribution in [0.4, 0.5) is 0 Å². The zero-order valence-electron chi connectivity index (χ0n) is 11.7. The van der Waals surface area contributed by atoms with Crippen LogP contribution in [-0.4, -0.2) is 37.5 Å². The highest BCUT2D eigenvalue weighted by atomic mass is 16.5. The molecular formula is C14H28O4. The van der Waals surface area contributed by atoms with Crippen LogP contribution >= 0.6 is 0 Å². The molecule has 0 saturated heterocycles. The van der Waals surface area contributed by atoms with Gasteiger partial charge in [-0.2, -0.15) is 0 Å². The molecule has 0 unspecified atom stereocenters. The van der Waals surface area contributed by atoms with Crippen molar-refractivity contribution in [2.75, 3.05) is 26.4 Å². The first-order valence-electron chi connectivity index (χ1n) is 7.14. The highest BCUT2D eigenvalue weighted by Gasteiger charge is 1.96. The molecule has 4 nitrogen and oxygen atoms in total. The zero-order valence-corrected chi connectivity index (χ0v) is 11.7. The molecule has 18 heavy (non-hydrogen) atoms. The van der Waals surface area contributed by atoms with Gasteiger partial charge >= 0.3 is 5.97 Å². The van der Waals surface area contributed by atoms with E-state index < -0.39 is 5.97 Å². The molecule has 0 aliphatic rings. The van der Waals surface area contributed by atoms with Gasteiger partial charge < -0.3 is 14.6 Å². The maximum absolute atomic E-state index is 10.2. The summed E-state index contributed by atoms with van der Waals surface area (Å²) in [6.45, 7) is 5.00. The zero-order chi connectivity index (χ0) is 13.5. The smallest absolute Gasteiger partial charge is 0.303 e. The molecule has 0 bridgehead atoms. The quantitative estimate of drug-likeness (QED) is 0.487. The van der Waals surface area contributed by atoms with Gasteiger partial charge in [0.15, 0.2) is 0 Å². The molecule has 108 valence electrons. The van der Waals surface area contributed by atoms with Crippen molar-refractivity contribution in [3.8, 4) is 0 Å². The Balaban J connectivity index is 2.92. The molecule has 0 aromatic heterocycles. The fourth-order valence-electron chi connectivity index (χ4n) is 1.60. The van der Waals surface area contributed by atoms with Crippen LogP contribution in [0.25, 0.3) is 0 Å². The molecule has 0 spiro atoms. The molecule has 0 aliphatic heterocycles. The molecule has 0 amide bonds. The van der Waals surface area contributed by atoms with Crippen LogP contribution in [0.2, 0.25) is 0 Å². The van der Waals surface area contributed by atoms with Crippen molar-refractivity contribution >= 4 is 5.97 Å². The van der Waals surface area contributed by atoms with E-state index in [1.807, 2.05) is 0 Å². The van der Waals surface area contributed by atoms with E-state index in [9.17, 15) is 4.79 Å². The Labute approximate surface area is 111 Å². The first-order chi connectivity index (χ1) is 8.77. The van der Waals surface area contributed by atoms with Crippen LogP contribution in [0.3, 0.4) is 0 Å². The monoisotopic (exact) mass is 260 g/mol. The number of carboxylic acid groups (broad SMARTS) is 1. The minimum atomic E-state index is -0.759. The summed E-state index contributed by atoms with van der Waals surface area (Å²) in [6, 6.07) is 0. The van der Waals surface area contributed by atoms with E-state index in [2.05, 4.69) is 6.92 Å². The summed E-state index contributed by atoms with van der Waals surface area (Å²) in [5, 5.41) is 8.42. The number of hydrogen-bond acceptors (Lipinski definition) is 3. The third kappa shape index (κ3) is 15.4. The van der Waals surface area contributed by atoms with E-state index in [-0.39, 0.29) is 6.42 Å². The average Bonchev–Trinajstić information content (AvgIpc) is 2.34. The van der Waals surface area contributed by atoms with Crippen molar-refractivity contribution in [2.24, 2.45) is 0 Å². The van der Waals surface area contributed by atoms with Gasteiger partial charge in [-0.25, -0.2) is 0 Å². The van der Waals surface area contributed by atoms with E-state index in [0.717, 1.165) is 26.1 Å². The maximum atomic E-state index is 10.2. The molecule has 0 rings (SSSR count). The fourth-order valence-corrected chi connectivity index (χ4v) is 1.60. The number of aliphatic carboxylic acids is 1. The third-order valence-corrected chi connectivity index (χ3v) is 2.65. The van der Waals surface area contributed by atoms with E-state index in [0.29, 0.717) is 19.6 Å². The van der Waals surface area contributed by atoms with Gasteiger partial charge in [0.05, 0.1) is 0 Å². The standard InChI is InChI=1S/C14H28O4/c1-2-3-4-5-6-10-17-12-8-13-18-11-7-9-14(15)16/h2-13H2,1H3,(H,15,16). The largest absolute Gasteiger partial charge is 0.481 e. The summed E-state index contributed by atoms with van der Waals surface area (Å²) in [5.41, 5.74) is 0. The molecular weight excluding hydrogens is 232 g/mol. The Morgan fingerprint density at radius 2 is 1.39 bits per heavy atom. The predicted molar refractivity (Wildman–Crippen MR) is 71.9 cm³/mol. The molecule has 0 fully saturated rings. The minimum Gasteiger partial charge on any atom is -0.481 e. The van der Waals surface area contributed by atoms with Crippen molar-refractivity contribution in [2.45, 2.75) is 58.3 Å². The summed E-state index contributed by atoms with van der Waals surface area (Å²) in [4.78, 5) is 10.2. The highest BCUT2D eigenvalue weighted by molar-refractivity contribution is 5.66. The number of hydrogen-bond donors (Lipinski definition) is 1. The van der Waals surface area contributed by atoms with Crippen molar-refractivity contribution in [1.29, 1.82) is 0 Å². The van der Waals surface area contributed by atoms with Gasteiger partial charge in [0.1, 0.15) is 0 Å². The SMILES string of the molecule is CCCCCCCOCCCOCCCC(=O)O. The molecule has 0 atom stereocenters. The summed E-state index contributed by atoms with van der Waals surface area (Å²) >= 11 is 0. The van der Waals surface area contributed by atoms with E-state index in [1.54, 1.807) is 0 Å². The molecule has 0 radical (unpaired) electrons. The van der Waals surface area contributed by atoms with Crippen LogP contribution in [0.1, 0.15) is 58.3 Å². The molecule has 0 aliphatic carbocycles. The molecule has 0 saturated carbocycles. The number of rotatable bonds is 14. The van der Waals surface area contributed by atoms with Crippen molar-refractivity contribution in [3.05, 3.63) is 0 Å². The number of ether oxygens (including phenoxy) is 2. The van der Waals surface area contributed by atoms with Gasteiger partial charge in [0, 0.05) is 32.8 Å². The average molecular weight is 260 g/mol. The van der Waals surface area contributed by atoms with Gasteiger partial charge in [-0.15, -0.1) is 0 Å². The molecule has 1 N–H and O–H groups in total. The van der Waals surface area contributed by atoms with Crippen molar-refractivity contribution < 1.29 is 19.4 Å². The first kappa shape index (κ1) is 17.4. The summed E-state index contributed by atoms with van der Waals surface area (Å²) in [6.07, 6.45) is 8.00. The van der Waals surface area contributed by atoms with Gasteiger partial charge in [0.25, 0.3) is 0 Å². The topological polar surface area (TPSA) is 55.8 Å². The lowest BCUT2D eigenvalue weighted by atomic mass is 10.2. The number of carboxylic acids is 1. The Kier molecular flexibility index (Phi) is 14.0. The van der Waals surface area contributed by atoms with Crippen LogP contribution in [0, 0.1) is 0 Å². The minimum absolute atomic E-state index is 0.189. The van der Waals surface area contributed by atoms with E-state index >= 15 is 0 Å². The van der Waals surface area contributed by atoms with Crippen LogP contribution in [0.5, 0.6) is 0 Å². The summed E-state index contributed by atoms with van der Waals surface area (Å²) < 4.78 is 10.8. The Morgan fingerprint density at radius 1 is 0.833 bits per heavy atom. The highest BCUT2D eigenvalue weighted by Crippen LogP contribution is 2.02. The normalized spacial score (nSPS) is 10.7. The van der Waals surface area contributed by atoms with Crippen molar-refractivity contribution in [3.63, 3.8) is 0 Å². The maximum Gasteiger partial charge on any atom is 0.303 e. The Hall–Kier alpha value is -0.610. The van der Waals surface area contributed by atoms with Gasteiger partial charge in [-0.1, -0.05) is 32.6 Å². The summed E-state index contributed by atoms with van der Waals surface area (Å²) in [7, 11) is 0. The van der Waals surface area contributed by atoms with Crippen LogP contribution in [-0.2, 0) is 14.3 Å². The predicted octanol–water partition coefficient (Wildman–Crippen LogP) is 3.24. The lowest BCUT2D eigenvalue weighted by Gasteiger charge is -2.05.